The average molecular weight is 349 g/mol. The van der Waals surface area contributed by atoms with Crippen molar-refractivity contribution in [1.82, 2.24) is 0 Å². The van der Waals surface area contributed by atoms with E-state index in [1.807, 2.05) is 36.4 Å². The highest BCUT2D eigenvalue weighted by Crippen LogP contribution is 2.31. The first-order valence-electron chi connectivity index (χ1n) is 7.06. The summed E-state index contributed by atoms with van der Waals surface area (Å²) >= 11 is 3.53. The number of anilines is 1. The standard InChI is InChI=1S/C16H17BrN2O2/c17-15-10-14(21-16(15)19-8-4-5-9-19)11-18-20-12-13-6-2-1-3-7-13/h1-3,6-7,10-11H,4-5,8-9,12H2/b18-11+. The Morgan fingerprint density at radius 2 is 2.00 bits per heavy atom. The minimum absolute atomic E-state index is 0.457. The summed E-state index contributed by atoms with van der Waals surface area (Å²) in [5.74, 6) is 1.58. The summed E-state index contributed by atoms with van der Waals surface area (Å²) in [7, 11) is 0. The zero-order chi connectivity index (χ0) is 14.5. The third-order valence-electron chi connectivity index (χ3n) is 3.41. The van der Waals surface area contributed by atoms with Crippen molar-refractivity contribution in [3.05, 3.63) is 52.2 Å². The van der Waals surface area contributed by atoms with E-state index in [1.165, 1.54) is 12.8 Å². The number of furan rings is 1. The number of hydrogen-bond acceptors (Lipinski definition) is 4. The molecular formula is C16H17BrN2O2. The number of rotatable bonds is 5. The molecule has 2 heterocycles. The van der Waals surface area contributed by atoms with E-state index in [-0.39, 0.29) is 0 Å². The molecule has 1 aliphatic rings. The highest BCUT2D eigenvalue weighted by molar-refractivity contribution is 9.10. The van der Waals surface area contributed by atoms with Crippen LogP contribution in [-0.2, 0) is 11.4 Å². The fourth-order valence-corrected chi connectivity index (χ4v) is 2.91. The van der Waals surface area contributed by atoms with Crippen LogP contribution in [0.25, 0.3) is 0 Å². The molecule has 0 amide bonds. The summed E-state index contributed by atoms with van der Waals surface area (Å²) in [4.78, 5) is 7.52. The first-order chi connectivity index (χ1) is 10.3. The van der Waals surface area contributed by atoms with Gasteiger partial charge in [-0.2, -0.15) is 0 Å². The van der Waals surface area contributed by atoms with Crippen LogP contribution in [0.3, 0.4) is 0 Å². The van der Waals surface area contributed by atoms with Gasteiger partial charge in [0.25, 0.3) is 0 Å². The molecule has 110 valence electrons. The normalized spacial score (nSPS) is 15.0. The second kappa shape index (κ2) is 6.80. The van der Waals surface area contributed by atoms with Gasteiger partial charge in [0.15, 0.2) is 5.76 Å². The smallest absolute Gasteiger partial charge is 0.210 e. The molecule has 21 heavy (non-hydrogen) atoms. The SMILES string of the molecule is Brc1cc(/C=N/OCc2ccccc2)oc1N1CCCC1. The van der Waals surface area contributed by atoms with Crippen molar-refractivity contribution < 1.29 is 9.25 Å². The lowest BCUT2D eigenvalue weighted by Gasteiger charge is -2.13. The molecule has 4 nitrogen and oxygen atoms in total. The second-order valence-electron chi connectivity index (χ2n) is 4.99. The number of benzene rings is 1. The maximum Gasteiger partial charge on any atom is 0.210 e. The first kappa shape index (κ1) is 14.2. The Bertz CT molecular complexity index is 604. The highest BCUT2D eigenvalue weighted by Gasteiger charge is 2.19. The first-order valence-corrected chi connectivity index (χ1v) is 7.86. The largest absolute Gasteiger partial charge is 0.438 e. The van der Waals surface area contributed by atoms with E-state index < -0.39 is 0 Å². The lowest BCUT2D eigenvalue weighted by molar-refractivity contribution is 0.132. The molecule has 0 atom stereocenters. The molecule has 0 bridgehead atoms. The van der Waals surface area contributed by atoms with Gasteiger partial charge in [0.2, 0.25) is 5.88 Å². The Kier molecular flexibility index (Phi) is 4.60. The van der Waals surface area contributed by atoms with Crippen LogP contribution in [0.5, 0.6) is 0 Å². The molecule has 0 spiro atoms. The van der Waals surface area contributed by atoms with Gasteiger partial charge >= 0.3 is 0 Å². The predicted molar refractivity (Wildman–Crippen MR) is 86.7 cm³/mol. The van der Waals surface area contributed by atoms with Crippen molar-refractivity contribution >= 4 is 28.0 Å². The van der Waals surface area contributed by atoms with Gasteiger partial charge < -0.3 is 14.2 Å². The molecular weight excluding hydrogens is 332 g/mol. The lowest BCUT2D eigenvalue weighted by Crippen LogP contribution is -2.17. The second-order valence-corrected chi connectivity index (χ2v) is 5.84. The Balaban J connectivity index is 1.57. The van der Waals surface area contributed by atoms with Crippen LogP contribution in [0.15, 0.2) is 50.4 Å². The van der Waals surface area contributed by atoms with Crippen molar-refractivity contribution in [1.29, 1.82) is 0 Å². The zero-order valence-electron chi connectivity index (χ0n) is 11.7. The third-order valence-corrected chi connectivity index (χ3v) is 3.98. The Morgan fingerprint density at radius 3 is 2.76 bits per heavy atom. The van der Waals surface area contributed by atoms with Gasteiger partial charge in [-0.3, -0.25) is 0 Å². The molecule has 5 heteroatoms. The average Bonchev–Trinajstić information content (AvgIpc) is 3.14. The Labute approximate surface area is 132 Å². The van der Waals surface area contributed by atoms with Crippen LogP contribution in [-0.4, -0.2) is 19.3 Å². The van der Waals surface area contributed by atoms with E-state index in [0.717, 1.165) is 29.0 Å². The quantitative estimate of drug-likeness (QED) is 0.600. The summed E-state index contributed by atoms with van der Waals surface area (Å²) in [5, 5.41) is 3.96. The number of nitrogens with zero attached hydrogens (tertiary/aromatic N) is 2. The molecule has 0 saturated carbocycles. The lowest BCUT2D eigenvalue weighted by atomic mass is 10.2. The molecule has 1 saturated heterocycles. The fourth-order valence-electron chi connectivity index (χ4n) is 2.35. The summed E-state index contributed by atoms with van der Waals surface area (Å²) < 4.78 is 6.77. The monoisotopic (exact) mass is 348 g/mol. The van der Waals surface area contributed by atoms with Gasteiger partial charge in [0.1, 0.15) is 12.8 Å². The molecule has 0 radical (unpaired) electrons. The third kappa shape index (κ3) is 3.67. The van der Waals surface area contributed by atoms with Crippen LogP contribution in [0.4, 0.5) is 5.88 Å². The van der Waals surface area contributed by atoms with Crippen molar-refractivity contribution in [2.75, 3.05) is 18.0 Å². The van der Waals surface area contributed by atoms with Crippen molar-refractivity contribution in [3.63, 3.8) is 0 Å². The van der Waals surface area contributed by atoms with Gasteiger partial charge in [-0.25, -0.2) is 0 Å². The fraction of sp³-hybridized carbons (Fsp3) is 0.312. The predicted octanol–water partition coefficient (Wildman–Crippen LogP) is 4.19. The van der Waals surface area contributed by atoms with Crippen LogP contribution in [0, 0.1) is 0 Å². The van der Waals surface area contributed by atoms with Gasteiger partial charge in [-0.05, 0) is 34.3 Å². The molecule has 1 aromatic heterocycles. The molecule has 1 aromatic carbocycles. The van der Waals surface area contributed by atoms with Crippen molar-refractivity contribution in [3.8, 4) is 0 Å². The van der Waals surface area contributed by atoms with E-state index in [2.05, 4.69) is 26.0 Å². The summed E-state index contributed by atoms with van der Waals surface area (Å²) in [6, 6.07) is 11.9. The van der Waals surface area contributed by atoms with Gasteiger partial charge in [0.05, 0.1) is 4.47 Å². The number of halogens is 1. The van der Waals surface area contributed by atoms with Crippen molar-refractivity contribution in [2.45, 2.75) is 19.4 Å². The highest BCUT2D eigenvalue weighted by atomic mass is 79.9. The Hall–Kier alpha value is -1.75. The van der Waals surface area contributed by atoms with Gasteiger partial charge in [-0.15, -0.1) is 0 Å². The molecule has 0 aliphatic carbocycles. The van der Waals surface area contributed by atoms with Crippen LogP contribution < -0.4 is 4.90 Å². The minimum Gasteiger partial charge on any atom is -0.438 e. The molecule has 3 rings (SSSR count). The maximum atomic E-state index is 5.80. The number of oxime groups is 1. The summed E-state index contributed by atoms with van der Waals surface area (Å²) in [6.07, 6.45) is 4.04. The maximum absolute atomic E-state index is 5.80. The van der Waals surface area contributed by atoms with E-state index >= 15 is 0 Å². The molecule has 2 aromatic rings. The summed E-state index contributed by atoms with van der Waals surface area (Å²) in [5.41, 5.74) is 1.09. The Morgan fingerprint density at radius 1 is 1.24 bits per heavy atom. The molecule has 0 N–H and O–H groups in total. The van der Waals surface area contributed by atoms with Gasteiger partial charge in [-0.1, -0.05) is 35.5 Å². The van der Waals surface area contributed by atoms with E-state index in [1.54, 1.807) is 6.21 Å². The molecule has 1 aliphatic heterocycles. The topological polar surface area (TPSA) is 38.0 Å². The van der Waals surface area contributed by atoms with E-state index in [0.29, 0.717) is 12.4 Å². The van der Waals surface area contributed by atoms with Gasteiger partial charge in [0, 0.05) is 19.2 Å². The zero-order valence-corrected chi connectivity index (χ0v) is 13.3. The molecule has 0 unspecified atom stereocenters. The molecule has 1 fully saturated rings. The van der Waals surface area contributed by atoms with E-state index in [9.17, 15) is 0 Å². The van der Waals surface area contributed by atoms with Crippen LogP contribution in [0.1, 0.15) is 24.2 Å². The van der Waals surface area contributed by atoms with Crippen LogP contribution in [0.2, 0.25) is 0 Å². The number of hydrogen-bond donors (Lipinski definition) is 0. The van der Waals surface area contributed by atoms with E-state index in [4.69, 9.17) is 9.25 Å². The summed E-state index contributed by atoms with van der Waals surface area (Å²) in [6.45, 7) is 2.55. The van der Waals surface area contributed by atoms with Crippen molar-refractivity contribution in [2.24, 2.45) is 5.16 Å². The minimum atomic E-state index is 0.457. The van der Waals surface area contributed by atoms with Crippen LogP contribution >= 0.6 is 15.9 Å².